The van der Waals surface area contributed by atoms with Crippen LogP contribution in [0.2, 0.25) is 0 Å². The first-order valence-electron chi connectivity index (χ1n) is 5.59. The summed E-state index contributed by atoms with van der Waals surface area (Å²) < 4.78 is 0. The first-order valence-corrected chi connectivity index (χ1v) is 5.59. The van der Waals surface area contributed by atoms with E-state index in [4.69, 9.17) is 0 Å². The van der Waals surface area contributed by atoms with E-state index < -0.39 is 17.6 Å². The Morgan fingerprint density at radius 2 is 1.56 bits per heavy atom. The van der Waals surface area contributed by atoms with Crippen LogP contribution in [-0.4, -0.2) is 21.8 Å². The lowest BCUT2D eigenvalue weighted by Crippen LogP contribution is -2.38. The number of ketones is 2. The SMILES string of the molecule is O=C1c2ccccc2C(=O)C2C(O)=C(O)C=CC12. The van der Waals surface area contributed by atoms with Gasteiger partial charge in [0.05, 0.1) is 11.8 Å². The minimum atomic E-state index is -0.989. The average Bonchev–Trinajstić information content (AvgIpc) is 2.39. The van der Waals surface area contributed by atoms with Gasteiger partial charge in [0, 0.05) is 11.1 Å². The predicted molar refractivity (Wildman–Crippen MR) is 63.5 cm³/mol. The van der Waals surface area contributed by atoms with Crippen molar-refractivity contribution in [3.05, 3.63) is 59.1 Å². The molecule has 18 heavy (non-hydrogen) atoms. The second-order valence-corrected chi connectivity index (χ2v) is 4.41. The van der Waals surface area contributed by atoms with Crippen LogP contribution in [0.5, 0.6) is 0 Å². The number of hydrogen-bond acceptors (Lipinski definition) is 4. The molecule has 2 aliphatic carbocycles. The van der Waals surface area contributed by atoms with E-state index in [1.54, 1.807) is 24.3 Å². The van der Waals surface area contributed by atoms with Crippen molar-refractivity contribution in [2.75, 3.05) is 0 Å². The Balaban J connectivity index is 2.22. The number of aliphatic hydroxyl groups is 2. The number of aliphatic hydroxyl groups excluding tert-OH is 2. The molecule has 2 unspecified atom stereocenters. The minimum Gasteiger partial charge on any atom is -0.508 e. The summed E-state index contributed by atoms with van der Waals surface area (Å²) in [6, 6.07) is 6.54. The number of benzene rings is 1. The number of carbonyl (C=O) groups is 2. The Morgan fingerprint density at radius 3 is 2.22 bits per heavy atom. The Labute approximate surface area is 103 Å². The lowest BCUT2D eigenvalue weighted by atomic mass is 9.71. The normalized spacial score (nSPS) is 26.0. The fourth-order valence-corrected chi connectivity index (χ4v) is 2.51. The highest BCUT2D eigenvalue weighted by Gasteiger charge is 2.44. The lowest BCUT2D eigenvalue weighted by molar-refractivity contribution is 0.0748. The van der Waals surface area contributed by atoms with E-state index in [0.717, 1.165) is 0 Å². The first-order chi connectivity index (χ1) is 8.61. The van der Waals surface area contributed by atoms with Gasteiger partial charge in [0.25, 0.3) is 0 Å². The van der Waals surface area contributed by atoms with E-state index in [1.165, 1.54) is 12.2 Å². The molecule has 2 N–H and O–H groups in total. The molecule has 1 aromatic carbocycles. The standard InChI is InChI=1S/C14H10O4/c15-10-6-5-9-11(14(10)18)13(17)8-4-2-1-3-7(8)12(9)16/h1-6,9,11,15,18H. The van der Waals surface area contributed by atoms with E-state index in [1.807, 2.05) is 0 Å². The average molecular weight is 242 g/mol. The van der Waals surface area contributed by atoms with Crippen molar-refractivity contribution in [2.45, 2.75) is 0 Å². The van der Waals surface area contributed by atoms with E-state index in [9.17, 15) is 19.8 Å². The third-order valence-corrected chi connectivity index (χ3v) is 3.42. The summed E-state index contributed by atoms with van der Waals surface area (Å²) in [4.78, 5) is 24.5. The third-order valence-electron chi connectivity index (χ3n) is 3.42. The fraction of sp³-hybridized carbons (Fsp3) is 0.143. The van der Waals surface area contributed by atoms with Crippen molar-refractivity contribution in [2.24, 2.45) is 11.8 Å². The van der Waals surface area contributed by atoms with Crippen molar-refractivity contribution in [3.63, 3.8) is 0 Å². The number of Topliss-reactive ketones (excluding diaryl/α,β-unsaturated/α-hetero) is 2. The monoisotopic (exact) mass is 242 g/mol. The Morgan fingerprint density at radius 1 is 0.944 bits per heavy atom. The topological polar surface area (TPSA) is 74.6 Å². The van der Waals surface area contributed by atoms with Crippen LogP contribution in [0.4, 0.5) is 0 Å². The van der Waals surface area contributed by atoms with Gasteiger partial charge in [-0.05, 0) is 6.08 Å². The highest BCUT2D eigenvalue weighted by atomic mass is 16.3. The molecule has 2 aliphatic rings. The van der Waals surface area contributed by atoms with Gasteiger partial charge in [-0.3, -0.25) is 9.59 Å². The molecule has 2 atom stereocenters. The molecule has 0 aliphatic heterocycles. The van der Waals surface area contributed by atoms with Gasteiger partial charge in [-0.2, -0.15) is 0 Å². The molecule has 0 saturated carbocycles. The second-order valence-electron chi connectivity index (χ2n) is 4.41. The van der Waals surface area contributed by atoms with Crippen LogP contribution in [-0.2, 0) is 0 Å². The van der Waals surface area contributed by atoms with Gasteiger partial charge in [0.1, 0.15) is 5.76 Å². The molecule has 4 heteroatoms. The van der Waals surface area contributed by atoms with Crippen LogP contribution in [0, 0.1) is 11.8 Å². The molecule has 0 heterocycles. The van der Waals surface area contributed by atoms with Crippen LogP contribution < -0.4 is 0 Å². The second kappa shape index (κ2) is 3.57. The van der Waals surface area contributed by atoms with E-state index in [-0.39, 0.29) is 17.3 Å². The van der Waals surface area contributed by atoms with Crippen molar-refractivity contribution in [1.29, 1.82) is 0 Å². The minimum absolute atomic E-state index is 0.203. The highest BCUT2D eigenvalue weighted by Crippen LogP contribution is 2.37. The maximum atomic E-state index is 12.3. The Bertz CT molecular complexity index is 624. The molecule has 0 spiro atoms. The summed E-state index contributed by atoms with van der Waals surface area (Å²) in [5, 5.41) is 19.2. The van der Waals surface area contributed by atoms with Crippen molar-refractivity contribution >= 4 is 11.6 Å². The van der Waals surface area contributed by atoms with Crippen LogP contribution in [0.25, 0.3) is 0 Å². The predicted octanol–water partition coefficient (Wildman–Crippen LogP) is 2.20. The summed E-state index contributed by atoms with van der Waals surface area (Å²) in [6.45, 7) is 0. The number of allylic oxidation sites excluding steroid dienone is 3. The number of fused-ring (bicyclic) bond motifs is 2. The van der Waals surface area contributed by atoms with Gasteiger partial charge >= 0.3 is 0 Å². The van der Waals surface area contributed by atoms with E-state index in [2.05, 4.69) is 0 Å². The van der Waals surface area contributed by atoms with Gasteiger partial charge in [-0.15, -0.1) is 0 Å². The fourth-order valence-electron chi connectivity index (χ4n) is 2.51. The van der Waals surface area contributed by atoms with Crippen LogP contribution in [0.15, 0.2) is 47.9 Å². The maximum absolute atomic E-state index is 12.3. The van der Waals surface area contributed by atoms with Gasteiger partial charge in [0.15, 0.2) is 17.3 Å². The molecule has 0 aromatic heterocycles. The van der Waals surface area contributed by atoms with Crippen molar-refractivity contribution in [1.82, 2.24) is 0 Å². The number of rotatable bonds is 0. The molecule has 0 amide bonds. The molecule has 0 radical (unpaired) electrons. The van der Waals surface area contributed by atoms with E-state index >= 15 is 0 Å². The molecular formula is C14H10O4. The third kappa shape index (κ3) is 1.26. The quantitative estimate of drug-likeness (QED) is 0.731. The maximum Gasteiger partial charge on any atom is 0.175 e. The molecule has 0 saturated heterocycles. The smallest absolute Gasteiger partial charge is 0.175 e. The van der Waals surface area contributed by atoms with Crippen LogP contribution in [0.1, 0.15) is 20.7 Å². The number of carbonyl (C=O) groups excluding carboxylic acids is 2. The Hall–Kier alpha value is -2.36. The van der Waals surface area contributed by atoms with Crippen LogP contribution in [0.3, 0.4) is 0 Å². The summed E-state index contributed by atoms with van der Waals surface area (Å²) in [6.07, 6.45) is 2.73. The van der Waals surface area contributed by atoms with Gasteiger partial charge in [0.2, 0.25) is 0 Å². The first kappa shape index (κ1) is 10.8. The zero-order valence-corrected chi connectivity index (χ0v) is 9.33. The van der Waals surface area contributed by atoms with Gasteiger partial charge in [-0.25, -0.2) is 0 Å². The molecule has 1 aromatic rings. The summed E-state index contributed by atoms with van der Waals surface area (Å²) in [5.74, 6) is -3.01. The number of hydrogen-bond donors (Lipinski definition) is 2. The molecule has 0 bridgehead atoms. The van der Waals surface area contributed by atoms with E-state index in [0.29, 0.717) is 11.1 Å². The zero-order chi connectivity index (χ0) is 12.9. The molecular weight excluding hydrogens is 232 g/mol. The Kier molecular flexibility index (Phi) is 2.13. The molecule has 0 fully saturated rings. The molecule has 90 valence electrons. The van der Waals surface area contributed by atoms with Crippen LogP contribution >= 0.6 is 0 Å². The molecule has 3 rings (SSSR count). The highest BCUT2D eigenvalue weighted by molar-refractivity contribution is 6.17. The summed E-state index contributed by atoms with van der Waals surface area (Å²) >= 11 is 0. The zero-order valence-electron chi connectivity index (χ0n) is 9.33. The summed E-state index contributed by atoms with van der Waals surface area (Å²) in [7, 11) is 0. The summed E-state index contributed by atoms with van der Waals surface area (Å²) in [5.41, 5.74) is 0.681. The largest absolute Gasteiger partial charge is 0.508 e. The molecule has 4 nitrogen and oxygen atoms in total. The van der Waals surface area contributed by atoms with Crippen molar-refractivity contribution in [3.8, 4) is 0 Å². The lowest BCUT2D eigenvalue weighted by Gasteiger charge is -2.30. The van der Waals surface area contributed by atoms with Gasteiger partial charge < -0.3 is 10.2 Å². The van der Waals surface area contributed by atoms with Gasteiger partial charge in [-0.1, -0.05) is 30.3 Å². The van der Waals surface area contributed by atoms with Crippen molar-refractivity contribution < 1.29 is 19.8 Å².